The van der Waals surface area contributed by atoms with Crippen LogP contribution < -0.4 is 10.2 Å². The zero-order valence-electron chi connectivity index (χ0n) is 11.8. The molecular formula is C11H22CuN6O2. The van der Waals surface area contributed by atoms with Crippen LogP contribution in [0.15, 0.2) is 5.11 Å². The first-order chi connectivity index (χ1) is 9.10. The summed E-state index contributed by atoms with van der Waals surface area (Å²) in [6.45, 7) is 4.08. The molecule has 2 amide bonds. The van der Waals surface area contributed by atoms with E-state index >= 15 is 0 Å². The molecule has 3 N–H and O–H groups in total. The fourth-order valence-corrected chi connectivity index (χ4v) is 1.40. The normalized spacial score (nSPS) is 15.1. The molecule has 1 unspecified atom stereocenters. The molecule has 1 fully saturated rings. The molecule has 0 saturated carbocycles. The number of carbonyl (C=O) groups excluding carboxylic acids is 2. The maximum Gasteiger partial charge on any atom is 0.330 e. The van der Waals surface area contributed by atoms with E-state index in [1.54, 1.807) is 0 Å². The fourth-order valence-electron chi connectivity index (χ4n) is 1.40. The Morgan fingerprint density at radius 1 is 1.50 bits per heavy atom. The molecule has 1 radical (unpaired) electrons. The van der Waals surface area contributed by atoms with Gasteiger partial charge in [0.1, 0.15) is 5.53 Å². The summed E-state index contributed by atoms with van der Waals surface area (Å²) in [4.78, 5) is 23.5. The first-order valence-electron chi connectivity index (χ1n) is 6.22. The summed E-state index contributed by atoms with van der Waals surface area (Å²) < 4.78 is 0. The van der Waals surface area contributed by atoms with Gasteiger partial charge in [0, 0.05) is 36.0 Å². The molecule has 1 saturated heterocycles. The summed E-state index contributed by atoms with van der Waals surface area (Å²) in [6, 6.07) is 0.424. The third kappa shape index (κ3) is 16.6. The minimum Gasteiger partial charge on any atom is -0.715 e. The van der Waals surface area contributed by atoms with Gasteiger partial charge in [0.15, 0.2) is 5.11 Å². The molecule has 1 aliphatic rings. The number of carbonyl (C=O) groups is 2. The van der Waals surface area contributed by atoms with E-state index in [1.807, 2.05) is 6.92 Å². The number of hydrogen-bond acceptors (Lipinski definition) is 4. The number of amides is 2. The van der Waals surface area contributed by atoms with Crippen LogP contribution in [0.25, 0.3) is 5.53 Å². The van der Waals surface area contributed by atoms with Crippen molar-refractivity contribution in [3.05, 3.63) is 5.53 Å². The Morgan fingerprint density at radius 2 is 2.10 bits per heavy atom. The van der Waals surface area contributed by atoms with Gasteiger partial charge in [0.2, 0.25) is 10.8 Å². The van der Waals surface area contributed by atoms with Crippen molar-refractivity contribution in [1.29, 1.82) is 11.1 Å². The van der Waals surface area contributed by atoms with Crippen LogP contribution in [0.5, 0.6) is 0 Å². The summed E-state index contributed by atoms with van der Waals surface area (Å²) in [7, 11) is 0. The maximum atomic E-state index is 10.5. The third-order valence-corrected chi connectivity index (χ3v) is 2.37. The van der Waals surface area contributed by atoms with Crippen LogP contribution in [0, 0.1) is 11.1 Å². The Hall–Kier alpha value is -1.43. The Labute approximate surface area is 129 Å². The zero-order chi connectivity index (χ0) is 15.1. The first-order valence-corrected chi connectivity index (χ1v) is 6.22. The smallest absolute Gasteiger partial charge is 0.330 e. The van der Waals surface area contributed by atoms with Gasteiger partial charge in [-0.05, 0) is 19.8 Å². The van der Waals surface area contributed by atoms with Crippen LogP contribution >= 0.6 is 0 Å². The summed E-state index contributed by atoms with van der Waals surface area (Å²) >= 11 is 0. The van der Waals surface area contributed by atoms with E-state index in [0.717, 1.165) is 32.1 Å². The van der Waals surface area contributed by atoms with Crippen LogP contribution in [0.1, 0.15) is 52.4 Å². The maximum absolute atomic E-state index is 10.5. The van der Waals surface area contributed by atoms with Crippen molar-refractivity contribution in [3.63, 3.8) is 0 Å². The van der Waals surface area contributed by atoms with E-state index in [9.17, 15) is 9.59 Å². The monoisotopic (exact) mass is 333 g/mol. The molecule has 0 aromatic rings. The van der Waals surface area contributed by atoms with Crippen molar-refractivity contribution in [1.82, 2.24) is 10.2 Å². The van der Waals surface area contributed by atoms with Crippen LogP contribution in [-0.2, 0) is 26.7 Å². The van der Waals surface area contributed by atoms with Gasteiger partial charge in [0.05, 0.1) is 0 Å². The standard InChI is InChI=1S/C6H12N3O.C5H9NO.Cu.HN2/c1-2-3-4-5-6(10)8-9-7;1-4-2-3-5(7)6-4;;1-2/h7H,2-5H2,1H3;4H,2-3H2,1H3,(H,6,7);;1H/q+1;;;-1. The van der Waals surface area contributed by atoms with Crippen molar-refractivity contribution in [3.8, 4) is 0 Å². The van der Waals surface area contributed by atoms with Gasteiger partial charge in [-0.3, -0.25) is 9.59 Å². The second-order valence-corrected chi connectivity index (χ2v) is 4.06. The Bertz CT molecular complexity index is 320. The molecule has 0 aliphatic carbocycles. The zero-order valence-corrected chi connectivity index (χ0v) is 12.7. The largest absolute Gasteiger partial charge is 0.715 e. The quantitative estimate of drug-likeness (QED) is 0.314. The van der Waals surface area contributed by atoms with E-state index in [1.165, 1.54) is 0 Å². The minimum atomic E-state index is -0.288. The van der Waals surface area contributed by atoms with Crippen molar-refractivity contribution in [2.24, 2.45) is 5.11 Å². The molecule has 0 aromatic carbocycles. The molecule has 8 nitrogen and oxygen atoms in total. The van der Waals surface area contributed by atoms with Crippen LogP contribution in [0.3, 0.4) is 0 Å². The summed E-state index contributed by atoms with van der Waals surface area (Å²) in [6.07, 6.45) is 5.15. The number of hydrogen-bond donors (Lipinski definition) is 3. The van der Waals surface area contributed by atoms with Crippen molar-refractivity contribution >= 4 is 11.8 Å². The number of rotatable bonds is 4. The Balaban J connectivity index is -0.000000254. The van der Waals surface area contributed by atoms with Crippen molar-refractivity contribution in [2.75, 3.05) is 0 Å². The summed E-state index contributed by atoms with van der Waals surface area (Å²) in [5, 5.41) is 5.83. The van der Waals surface area contributed by atoms with E-state index in [-0.39, 0.29) is 28.9 Å². The van der Waals surface area contributed by atoms with Gasteiger partial charge < -0.3 is 16.4 Å². The predicted molar refractivity (Wildman–Crippen MR) is 69.3 cm³/mol. The average molecular weight is 334 g/mol. The molecule has 0 spiro atoms. The van der Waals surface area contributed by atoms with E-state index in [2.05, 4.69) is 22.3 Å². The summed E-state index contributed by atoms with van der Waals surface area (Å²) in [5.74, 6) is -0.0871. The molecule has 1 rings (SSSR count). The SMILES string of the molecule is CC1CCC(=O)N1.CCCCCC(=O)N=[N+]=N.[Cu].[N-]=N. The molecule has 119 valence electrons. The first kappa shape index (κ1) is 23.6. The molecule has 1 heterocycles. The minimum absolute atomic E-state index is 0. The second-order valence-electron chi connectivity index (χ2n) is 4.06. The van der Waals surface area contributed by atoms with Gasteiger partial charge in [-0.15, -0.1) is 0 Å². The number of nitrogens with one attached hydrogen (secondary N) is 3. The molecular weight excluding hydrogens is 312 g/mol. The van der Waals surface area contributed by atoms with Crippen LogP contribution in [0.2, 0.25) is 0 Å². The van der Waals surface area contributed by atoms with E-state index < -0.39 is 0 Å². The predicted octanol–water partition coefficient (Wildman–Crippen LogP) is 2.51. The van der Waals surface area contributed by atoms with Crippen molar-refractivity contribution in [2.45, 2.75) is 58.4 Å². The van der Waals surface area contributed by atoms with Gasteiger partial charge in [-0.1, -0.05) is 19.8 Å². The fraction of sp³-hybridized carbons (Fsp3) is 0.818. The van der Waals surface area contributed by atoms with Crippen molar-refractivity contribution < 1.29 is 26.7 Å². The van der Waals surface area contributed by atoms with Gasteiger partial charge in [-0.2, -0.15) is 0 Å². The van der Waals surface area contributed by atoms with Crippen LogP contribution in [-0.4, -0.2) is 17.9 Å². The van der Waals surface area contributed by atoms with Gasteiger partial charge in [-0.25, -0.2) is 0 Å². The van der Waals surface area contributed by atoms with Gasteiger partial charge >= 0.3 is 5.91 Å². The second kappa shape index (κ2) is 17.6. The van der Waals surface area contributed by atoms with E-state index in [4.69, 9.17) is 16.6 Å². The van der Waals surface area contributed by atoms with Gasteiger partial charge in [0.25, 0.3) is 0 Å². The summed E-state index contributed by atoms with van der Waals surface area (Å²) in [5.41, 5.74) is 17.3. The molecule has 1 aliphatic heterocycles. The Kier molecular flexibility index (Phi) is 20.8. The molecule has 20 heavy (non-hydrogen) atoms. The average Bonchev–Trinajstić information content (AvgIpc) is 2.77. The molecule has 0 aromatic heterocycles. The van der Waals surface area contributed by atoms with Crippen LogP contribution in [0.4, 0.5) is 0 Å². The molecule has 1 atom stereocenters. The molecule has 0 bridgehead atoms. The third-order valence-electron chi connectivity index (χ3n) is 2.37. The van der Waals surface area contributed by atoms with E-state index in [0.29, 0.717) is 12.5 Å². The molecule has 9 heteroatoms. The number of nitrogens with zero attached hydrogens (tertiary/aromatic N) is 3. The Morgan fingerprint density at radius 3 is 2.40 bits per heavy atom. The number of unbranched alkanes of at least 4 members (excludes halogenated alkanes) is 2. The topological polar surface area (TPSA) is 143 Å².